The first-order valence-corrected chi connectivity index (χ1v) is 11.6. The van der Waals surface area contributed by atoms with Crippen LogP contribution in [0.5, 0.6) is 0 Å². The Hall–Kier alpha value is -3.05. The molecule has 8 nitrogen and oxygen atoms in total. The van der Waals surface area contributed by atoms with Crippen LogP contribution >= 0.6 is 22.6 Å². The molecule has 162 valence electrons. The minimum absolute atomic E-state index is 0.213. The largest absolute Gasteiger partial charge is 0.383 e. The molecule has 4 N–H and O–H groups in total. The molecule has 3 aromatic heterocycles. The molecule has 0 unspecified atom stereocenters. The number of hydrogen-bond acceptors (Lipinski definition) is 6. The average Bonchev–Trinajstić information content (AvgIpc) is 3.25. The van der Waals surface area contributed by atoms with Crippen LogP contribution in [0.3, 0.4) is 0 Å². The zero-order valence-electron chi connectivity index (χ0n) is 17.3. The molecule has 32 heavy (non-hydrogen) atoms. The molecule has 1 fully saturated rings. The number of benzene rings is 1. The standard InChI is InChI=1S/C23H22IN7O/c24-17-13-28-22(25)19-20(30-31(21(17)19)16-4-3-10-26-12-16)14-6-8-15(9-7-14)23(32)29-18-5-1-2-11-27-18/h1-2,5-9,11,13,16,26H,3-4,10,12H2,(H2,25,28)(H,27,29,32)/t16-/m1/s1. The highest BCUT2D eigenvalue weighted by Gasteiger charge is 2.24. The van der Waals surface area contributed by atoms with Crippen LogP contribution in [0, 0.1) is 3.57 Å². The first-order valence-electron chi connectivity index (χ1n) is 10.5. The van der Waals surface area contributed by atoms with Crippen LogP contribution in [0.25, 0.3) is 22.2 Å². The summed E-state index contributed by atoms with van der Waals surface area (Å²) in [6.45, 7) is 1.91. The highest BCUT2D eigenvalue weighted by molar-refractivity contribution is 14.1. The second-order valence-electron chi connectivity index (χ2n) is 7.75. The van der Waals surface area contributed by atoms with E-state index in [1.54, 1.807) is 36.7 Å². The third-order valence-electron chi connectivity index (χ3n) is 5.65. The van der Waals surface area contributed by atoms with E-state index in [4.69, 9.17) is 10.8 Å². The van der Waals surface area contributed by atoms with E-state index < -0.39 is 0 Å². The van der Waals surface area contributed by atoms with Gasteiger partial charge in [0.15, 0.2) is 0 Å². The molecule has 0 saturated carbocycles. The molecular weight excluding hydrogens is 517 g/mol. The molecule has 5 rings (SSSR count). The summed E-state index contributed by atoms with van der Waals surface area (Å²) in [6.07, 6.45) is 5.61. The molecule has 1 aliphatic rings. The summed E-state index contributed by atoms with van der Waals surface area (Å²) in [6, 6.07) is 13.0. The number of anilines is 2. The van der Waals surface area contributed by atoms with Gasteiger partial charge in [-0.3, -0.25) is 9.48 Å². The Kier molecular flexibility index (Phi) is 5.75. The summed E-state index contributed by atoms with van der Waals surface area (Å²) in [4.78, 5) is 21.1. The Bertz CT molecular complexity index is 1270. The number of piperidine rings is 1. The van der Waals surface area contributed by atoms with Crippen molar-refractivity contribution in [1.29, 1.82) is 0 Å². The number of aromatic nitrogens is 4. The molecule has 1 amide bonds. The number of amides is 1. The highest BCUT2D eigenvalue weighted by Crippen LogP contribution is 2.36. The van der Waals surface area contributed by atoms with Gasteiger partial charge in [0.1, 0.15) is 17.3 Å². The third kappa shape index (κ3) is 3.93. The molecule has 4 heterocycles. The van der Waals surface area contributed by atoms with E-state index in [9.17, 15) is 4.79 Å². The van der Waals surface area contributed by atoms with Gasteiger partial charge in [-0.25, -0.2) is 9.97 Å². The van der Waals surface area contributed by atoms with Gasteiger partial charge in [0.05, 0.1) is 20.5 Å². The molecule has 0 spiro atoms. The Morgan fingerprint density at radius 2 is 2.03 bits per heavy atom. The van der Waals surface area contributed by atoms with E-state index in [-0.39, 0.29) is 11.9 Å². The Labute approximate surface area is 198 Å². The van der Waals surface area contributed by atoms with Gasteiger partial charge in [-0.15, -0.1) is 0 Å². The van der Waals surface area contributed by atoms with E-state index in [2.05, 4.69) is 47.9 Å². The number of rotatable bonds is 4. The van der Waals surface area contributed by atoms with Crippen molar-refractivity contribution in [2.24, 2.45) is 0 Å². The molecule has 9 heteroatoms. The quantitative estimate of drug-likeness (QED) is 0.340. The number of nitrogens with two attached hydrogens (primary N) is 1. The maximum absolute atomic E-state index is 12.6. The lowest BCUT2D eigenvalue weighted by Crippen LogP contribution is -2.32. The third-order valence-corrected chi connectivity index (χ3v) is 6.44. The Morgan fingerprint density at radius 3 is 2.75 bits per heavy atom. The predicted molar refractivity (Wildman–Crippen MR) is 133 cm³/mol. The maximum atomic E-state index is 12.6. The SMILES string of the molecule is Nc1ncc(I)c2c1c(-c1ccc(C(=O)Nc3ccccn3)cc1)nn2[C@@H]1CCCNC1. The first kappa shape index (κ1) is 20.8. The topological polar surface area (TPSA) is 111 Å². The number of carbonyl (C=O) groups excluding carboxylic acids is 1. The molecule has 1 saturated heterocycles. The van der Waals surface area contributed by atoms with E-state index in [0.29, 0.717) is 17.2 Å². The number of nitrogens with zero attached hydrogens (tertiary/aromatic N) is 4. The van der Waals surface area contributed by atoms with Gasteiger partial charge in [-0.2, -0.15) is 5.10 Å². The number of nitrogens with one attached hydrogen (secondary N) is 2. The number of carbonyl (C=O) groups is 1. The van der Waals surface area contributed by atoms with Crippen molar-refractivity contribution in [1.82, 2.24) is 25.1 Å². The molecule has 1 aliphatic heterocycles. The fourth-order valence-electron chi connectivity index (χ4n) is 4.07. The summed E-state index contributed by atoms with van der Waals surface area (Å²) in [5, 5.41) is 12.1. The van der Waals surface area contributed by atoms with Crippen molar-refractivity contribution >= 4 is 51.0 Å². The van der Waals surface area contributed by atoms with Crippen LogP contribution in [-0.2, 0) is 0 Å². The molecule has 1 atom stereocenters. The monoisotopic (exact) mass is 539 g/mol. The fourth-order valence-corrected chi connectivity index (χ4v) is 4.73. The second kappa shape index (κ2) is 8.83. The molecule has 0 bridgehead atoms. The van der Waals surface area contributed by atoms with Crippen molar-refractivity contribution in [3.8, 4) is 11.3 Å². The predicted octanol–water partition coefficient (Wildman–Crippen LogP) is 3.86. The van der Waals surface area contributed by atoms with Gasteiger partial charge < -0.3 is 16.4 Å². The van der Waals surface area contributed by atoms with Gasteiger partial charge in [-0.05, 0) is 66.2 Å². The summed E-state index contributed by atoms with van der Waals surface area (Å²) in [7, 11) is 0. The fraction of sp³-hybridized carbons (Fsp3) is 0.217. The molecular formula is C23H22IN7O. The number of fused-ring (bicyclic) bond motifs is 1. The minimum atomic E-state index is -0.213. The molecule has 0 radical (unpaired) electrons. The van der Waals surface area contributed by atoms with Gasteiger partial charge in [0, 0.05) is 30.1 Å². The number of nitrogen functional groups attached to an aromatic ring is 1. The van der Waals surface area contributed by atoms with Crippen LogP contribution < -0.4 is 16.4 Å². The van der Waals surface area contributed by atoms with Gasteiger partial charge >= 0.3 is 0 Å². The van der Waals surface area contributed by atoms with Crippen LogP contribution in [0.15, 0.2) is 54.9 Å². The van der Waals surface area contributed by atoms with Crippen molar-refractivity contribution in [3.63, 3.8) is 0 Å². The van der Waals surface area contributed by atoms with E-state index in [1.807, 2.05) is 18.2 Å². The van der Waals surface area contributed by atoms with Crippen LogP contribution in [0.2, 0.25) is 0 Å². The van der Waals surface area contributed by atoms with Gasteiger partial charge in [0.2, 0.25) is 0 Å². The zero-order chi connectivity index (χ0) is 22.1. The van der Waals surface area contributed by atoms with Crippen molar-refractivity contribution in [3.05, 3.63) is 64.0 Å². The number of hydrogen-bond donors (Lipinski definition) is 3. The van der Waals surface area contributed by atoms with Gasteiger partial charge in [-0.1, -0.05) is 18.2 Å². The van der Waals surface area contributed by atoms with Crippen LogP contribution in [0.4, 0.5) is 11.6 Å². The van der Waals surface area contributed by atoms with Gasteiger partial charge in [0.25, 0.3) is 5.91 Å². The molecule has 0 aliphatic carbocycles. The summed E-state index contributed by atoms with van der Waals surface area (Å²) < 4.78 is 3.11. The normalized spacial score (nSPS) is 16.2. The minimum Gasteiger partial charge on any atom is -0.383 e. The van der Waals surface area contributed by atoms with E-state index in [0.717, 1.165) is 51.7 Å². The summed E-state index contributed by atoms with van der Waals surface area (Å²) in [5.74, 6) is 0.762. The van der Waals surface area contributed by atoms with E-state index >= 15 is 0 Å². The van der Waals surface area contributed by atoms with E-state index in [1.165, 1.54) is 0 Å². The number of pyridine rings is 2. The summed E-state index contributed by atoms with van der Waals surface area (Å²) >= 11 is 2.30. The summed E-state index contributed by atoms with van der Waals surface area (Å²) in [5.41, 5.74) is 9.54. The Balaban J connectivity index is 1.52. The molecule has 4 aromatic rings. The highest BCUT2D eigenvalue weighted by atomic mass is 127. The first-order chi connectivity index (χ1) is 15.6. The average molecular weight is 539 g/mol. The number of halogens is 1. The lowest BCUT2D eigenvalue weighted by molar-refractivity contribution is 0.102. The second-order valence-corrected chi connectivity index (χ2v) is 8.92. The maximum Gasteiger partial charge on any atom is 0.256 e. The molecule has 1 aromatic carbocycles. The van der Waals surface area contributed by atoms with Crippen molar-refractivity contribution in [2.45, 2.75) is 18.9 Å². The smallest absolute Gasteiger partial charge is 0.256 e. The lowest BCUT2D eigenvalue weighted by Gasteiger charge is -2.24. The Morgan fingerprint density at radius 1 is 1.19 bits per heavy atom. The van der Waals surface area contributed by atoms with Crippen LogP contribution in [0.1, 0.15) is 29.2 Å². The van der Waals surface area contributed by atoms with Crippen molar-refractivity contribution < 1.29 is 4.79 Å². The zero-order valence-corrected chi connectivity index (χ0v) is 19.4. The van der Waals surface area contributed by atoms with Crippen LogP contribution in [-0.4, -0.2) is 38.7 Å². The lowest BCUT2D eigenvalue weighted by atomic mass is 10.1. The van der Waals surface area contributed by atoms with Crippen molar-refractivity contribution in [2.75, 3.05) is 24.1 Å².